The van der Waals surface area contributed by atoms with E-state index >= 15 is 0 Å². The quantitative estimate of drug-likeness (QED) is 0.784. The van der Waals surface area contributed by atoms with Crippen molar-refractivity contribution in [3.63, 3.8) is 0 Å². The highest BCUT2D eigenvalue weighted by Crippen LogP contribution is 2.35. The fraction of sp³-hybridized carbons (Fsp3) is 0.500. The van der Waals surface area contributed by atoms with Gasteiger partial charge in [-0.1, -0.05) is 12.5 Å². The summed E-state index contributed by atoms with van der Waals surface area (Å²) in [5.41, 5.74) is 0.585. The number of ketones is 1. The number of hydrogen-bond acceptors (Lipinski definition) is 4. The van der Waals surface area contributed by atoms with Crippen molar-refractivity contribution in [1.82, 2.24) is 0 Å². The molecule has 0 radical (unpaired) electrons. The molecule has 1 aromatic carbocycles. The van der Waals surface area contributed by atoms with Crippen LogP contribution in [0.25, 0.3) is 0 Å². The number of carbonyl (C=O) groups excluding carboxylic acids is 1. The van der Waals surface area contributed by atoms with Crippen LogP contribution in [0, 0.1) is 0 Å². The van der Waals surface area contributed by atoms with E-state index < -0.39 is 0 Å². The molecule has 1 aliphatic rings. The molecule has 98 valence electrons. The van der Waals surface area contributed by atoms with Crippen LogP contribution >= 0.6 is 11.8 Å². The van der Waals surface area contributed by atoms with Gasteiger partial charge in [-0.2, -0.15) is 11.8 Å². The maximum Gasteiger partial charge on any atom is 0.183 e. The van der Waals surface area contributed by atoms with Gasteiger partial charge in [0.2, 0.25) is 0 Å². The second-order valence-electron chi connectivity index (χ2n) is 4.26. The largest absolute Gasteiger partial charge is 0.496 e. The zero-order valence-corrected chi connectivity index (χ0v) is 11.6. The molecule has 1 unspecified atom stereocenters. The molecule has 1 heterocycles. The first kappa shape index (κ1) is 13.3. The Hall–Kier alpha value is -1.16. The molecule has 1 fully saturated rings. The summed E-state index contributed by atoms with van der Waals surface area (Å²) in [5, 5.41) is 0.0453. The highest BCUT2D eigenvalue weighted by atomic mass is 32.2. The molecule has 0 aromatic heterocycles. The van der Waals surface area contributed by atoms with E-state index in [-0.39, 0.29) is 11.0 Å². The summed E-state index contributed by atoms with van der Waals surface area (Å²) < 4.78 is 10.6. The third-order valence-electron chi connectivity index (χ3n) is 3.15. The third-order valence-corrected chi connectivity index (χ3v) is 4.52. The molecular formula is C14H18O3S. The zero-order chi connectivity index (χ0) is 13.0. The van der Waals surface area contributed by atoms with Crippen molar-refractivity contribution in [2.45, 2.75) is 24.5 Å². The standard InChI is InChI=1S/C14H18O3S/c1-16-10-6-5-7-11(17-2)13(10)14(15)12-8-3-4-9-18-12/h5-7,12H,3-4,8-9H2,1-2H3. The summed E-state index contributed by atoms with van der Waals surface area (Å²) >= 11 is 1.74. The van der Waals surface area contributed by atoms with Gasteiger partial charge in [0, 0.05) is 0 Å². The van der Waals surface area contributed by atoms with Crippen molar-refractivity contribution in [2.75, 3.05) is 20.0 Å². The number of carbonyl (C=O) groups is 1. The summed E-state index contributed by atoms with van der Waals surface area (Å²) in [4.78, 5) is 12.6. The molecule has 0 aliphatic carbocycles. The monoisotopic (exact) mass is 266 g/mol. The molecule has 0 saturated carbocycles. The number of ether oxygens (including phenoxy) is 2. The van der Waals surface area contributed by atoms with E-state index in [4.69, 9.17) is 9.47 Å². The summed E-state index contributed by atoms with van der Waals surface area (Å²) in [7, 11) is 3.17. The van der Waals surface area contributed by atoms with Crippen LogP contribution in [0.2, 0.25) is 0 Å². The molecule has 4 heteroatoms. The number of hydrogen-bond donors (Lipinski definition) is 0. The first-order valence-corrected chi connectivity index (χ1v) is 7.19. The molecule has 1 aromatic rings. The number of thioether (sulfide) groups is 1. The van der Waals surface area contributed by atoms with Crippen molar-refractivity contribution < 1.29 is 14.3 Å². The zero-order valence-electron chi connectivity index (χ0n) is 10.8. The van der Waals surface area contributed by atoms with Crippen LogP contribution in [0.1, 0.15) is 29.6 Å². The summed E-state index contributed by atoms with van der Waals surface area (Å²) in [5.74, 6) is 2.40. The fourth-order valence-corrected chi connectivity index (χ4v) is 3.46. The van der Waals surface area contributed by atoms with Gasteiger partial charge in [-0.05, 0) is 30.7 Å². The van der Waals surface area contributed by atoms with E-state index in [2.05, 4.69) is 0 Å². The summed E-state index contributed by atoms with van der Waals surface area (Å²) in [6.07, 6.45) is 3.28. The minimum absolute atomic E-state index is 0.0453. The lowest BCUT2D eigenvalue weighted by Crippen LogP contribution is -2.22. The van der Waals surface area contributed by atoms with Crippen molar-refractivity contribution in [3.05, 3.63) is 23.8 Å². The average molecular weight is 266 g/mol. The summed E-state index contributed by atoms with van der Waals surface area (Å²) in [6.45, 7) is 0. The van der Waals surface area contributed by atoms with Crippen molar-refractivity contribution in [3.8, 4) is 11.5 Å². The van der Waals surface area contributed by atoms with Crippen LogP contribution in [0.4, 0.5) is 0 Å². The molecule has 1 aliphatic heterocycles. The van der Waals surface area contributed by atoms with Crippen LogP contribution in [-0.4, -0.2) is 31.0 Å². The maximum absolute atomic E-state index is 12.6. The van der Waals surface area contributed by atoms with Gasteiger partial charge in [0.25, 0.3) is 0 Å². The molecule has 3 nitrogen and oxygen atoms in total. The molecule has 2 rings (SSSR count). The third kappa shape index (κ3) is 2.64. The van der Waals surface area contributed by atoms with Crippen molar-refractivity contribution in [1.29, 1.82) is 0 Å². The Morgan fingerprint density at radius 2 is 1.89 bits per heavy atom. The molecule has 1 saturated heterocycles. The number of benzene rings is 1. The Balaban J connectivity index is 2.32. The Bertz CT molecular complexity index is 403. The van der Waals surface area contributed by atoms with Crippen LogP contribution in [-0.2, 0) is 0 Å². The van der Waals surface area contributed by atoms with E-state index in [9.17, 15) is 4.79 Å². The van der Waals surface area contributed by atoms with Crippen LogP contribution in [0.5, 0.6) is 11.5 Å². The van der Waals surface area contributed by atoms with Gasteiger partial charge < -0.3 is 9.47 Å². The SMILES string of the molecule is COc1cccc(OC)c1C(=O)C1CCCCS1. The minimum Gasteiger partial charge on any atom is -0.496 e. The average Bonchev–Trinajstić information content (AvgIpc) is 2.46. The molecule has 18 heavy (non-hydrogen) atoms. The van der Waals surface area contributed by atoms with Crippen LogP contribution in [0.3, 0.4) is 0 Å². The van der Waals surface area contributed by atoms with Gasteiger partial charge >= 0.3 is 0 Å². The Morgan fingerprint density at radius 1 is 1.22 bits per heavy atom. The normalized spacial score (nSPS) is 19.3. The predicted molar refractivity (Wildman–Crippen MR) is 74.0 cm³/mol. The van der Waals surface area contributed by atoms with Gasteiger partial charge in [0.1, 0.15) is 17.1 Å². The maximum atomic E-state index is 12.6. The first-order valence-electron chi connectivity index (χ1n) is 6.14. The smallest absolute Gasteiger partial charge is 0.183 e. The first-order chi connectivity index (χ1) is 8.77. The van der Waals surface area contributed by atoms with E-state index in [1.54, 1.807) is 26.0 Å². The van der Waals surface area contributed by atoms with Gasteiger partial charge in [-0.3, -0.25) is 4.79 Å². The Kier molecular flexibility index (Phi) is 4.53. The molecule has 0 spiro atoms. The van der Waals surface area contributed by atoms with E-state index in [0.29, 0.717) is 17.1 Å². The summed E-state index contributed by atoms with van der Waals surface area (Å²) in [6, 6.07) is 5.45. The van der Waals surface area contributed by atoms with Gasteiger partial charge in [0.05, 0.1) is 19.5 Å². The van der Waals surface area contributed by atoms with Crippen LogP contribution < -0.4 is 9.47 Å². The Labute approximate surface area is 112 Å². The van der Waals surface area contributed by atoms with Crippen molar-refractivity contribution in [2.24, 2.45) is 0 Å². The molecule has 0 N–H and O–H groups in total. The molecule has 0 bridgehead atoms. The van der Waals surface area contributed by atoms with Gasteiger partial charge in [-0.25, -0.2) is 0 Å². The number of rotatable bonds is 4. The van der Waals surface area contributed by atoms with Crippen molar-refractivity contribution >= 4 is 17.5 Å². The Morgan fingerprint density at radius 3 is 2.39 bits per heavy atom. The lowest BCUT2D eigenvalue weighted by atomic mass is 10.0. The molecule has 0 amide bonds. The number of Topliss-reactive ketones (excluding diaryl/α,β-unsaturated/α-hetero) is 1. The van der Waals surface area contributed by atoms with Gasteiger partial charge in [-0.15, -0.1) is 0 Å². The lowest BCUT2D eigenvalue weighted by Gasteiger charge is -2.21. The lowest BCUT2D eigenvalue weighted by molar-refractivity contribution is 0.0978. The second kappa shape index (κ2) is 6.14. The molecular weight excluding hydrogens is 248 g/mol. The topological polar surface area (TPSA) is 35.5 Å². The van der Waals surface area contributed by atoms with Crippen LogP contribution in [0.15, 0.2) is 18.2 Å². The number of methoxy groups -OCH3 is 2. The highest BCUT2D eigenvalue weighted by molar-refractivity contribution is 8.00. The fourth-order valence-electron chi connectivity index (χ4n) is 2.20. The van der Waals surface area contributed by atoms with E-state index in [1.807, 2.05) is 18.2 Å². The highest BCUT2D eigenvalue weighted by Gasteiger charge is 2.27. The van der Waals surface area contributed by atoms with E-state index in [0.717, 1.165) is 18.6 Å². The second-order valence-corrected chi connectivity index (χ2v) is 5.57. The molecule has 1 atom stereocenters. The minimum atomic E-state index is 0.0453. The predicted octanol–water partition coefficient (Wildman–Crippen LogP) is 3.17. The van der Waals surface area contributed by atoms with E-state index in [1.165, 1.54) is 6.42 Å². The van der Waals surface area contributed by atoms with Gasteiger partial charge in [0.15, 0.2) is 5.78 Å².